The highest BCUT2D eigenvalue weighted by Gasteiger charge is 2.23. The Hall–Kier alpha value is -1.87. The maximum atomic E-state index is 12.6. The van der Waals surface area contributed by atoms with E-state index in [4.69, 9.17) is 0 Å². The van der Waals surface area contributed by atoms with Crippen LogP contribution in [0.25, 0.3) is 10.8 Å². The van der Waals surface area contributed by atoms with Crippen LogP contribution >= 0.6 is 0 Å². The summed E-state index contributed by atoms with van der Waals surface area (Å²) in [6.45, 7) is 1.67. The van der Waals surface area contributed by atoms with Crippen LogP contribution in [0.15, 0.2) is 42.5 Å². The molecule has 0 aromatic heterocycles. The minimum absolute atomic E-state index is 0.149. The minimum atomic E-state index is 0.149. The lowest BCUT2D eigenvalue weighted by Crippen LogP contribution is -2.46. The van der Waals surface area contributed by atoms with Crippen molar-refractivity contribution < 1.29 is 4.79 Å². The minimum Gasteiger partial charge on any atom is -0.337 e. The van der Waals surface area contributed by atoms with Gasteiger partial charge in [0, 0.05) is 24.7 Å². The van der Waals surface area contributed by atoms with Crippen molar-refractivity contribution in [1.29, 1.82) is 0 Å². The highest BCUT2D eigenvalue weighted by Crippen LogP contribution is 2.19. The van der Waals surface area contributed by atoms with Crippen LogP contribution in [-0.2, 0) is 0 Å². The maximum Gasteiger partial charge on any atom is 0.253 e. The van der Waals surface area contributed by atoms with Crippen molar-refractivity contribution in [3.8, 4) is 0 Å². The summed E-state index contributed by atoms with van der Waals surface area (Å²) in [5.74, 6) is 0.149. The fourth-order valence-electron chi connectivity index (χ4n) is 2.90. The largest absolute Gasteiger partial charge is 0.337 e. The number of hydrogen-bond acceptors (Lipinski definition) is 2. The Morgan fingerprint density at radius 1 is 1.20 bits per heavy atom. The van der Waals surface area contributed by atoms with E-state index >= 15 is 0 Å². The molecule has 3 heteroatoms. The van der Waals surface area contributed by atoms with Crippen molar-refractivity contribution in [2.45, 2.75) is 18.9 Å². The summed E-state index contributed by atoms with van der Waals surface area (Å²) in [6.07, 6.45) is 2.23. The number of nitrogens with zero attached hydrogens (tertiary/aromatic N) is 1. The van der Waals surface area contributed by atoms with Gasteiger partial charge in [-0.25, -0.2) is 0 Å². The van der Waals surface area contributed by atoms with Crippen LogP contribution in [-0.4, -0.2) is 37.0 Å². The fourth-order valence-corrected chi connectivity index (χ4v) is 2.90. The number of benzene rings is 2. The van der Waals surface area contributed by atoms with Gasteiger partial charge in [0.1, 0.15) is 0 Å². The first-order chi connectivity index (χ1) is 9.78. The number of amides is 1. The average Bonchev–Trinajstić information content (AvgIpc) is 2.53. The van der Waals surface area contributed by atoms with Gasteiger partial charge in [-0.15, -0.1) is 0 Å². The van der Waals surface area contributed by atoms with Crippen molar-refractivity contribution in [3.05, 3.63) is 48.0 Å². The first-order valence-corrected chi connectivity index (χ1v) is 7.23. The number of nitrogens with one attached hydrogen (secondary N) is 1. The summed E-state index contributed by atoms with van der Waals surface area (Å²) < 4.78 is 0. The van der Waals surface area contributed by atoms with Crippen LogP contribution in [0.3, 0.4) is 0 Å². The average molecular weight is 268 g/mol. The number of hydrogen-bond donors (Lipinski definition) is 1. The normalized spacial score (nSPS) is 19.2. The third-order valence-electron chi connectivity index (χ3n) is 4.11. The van der Waals surface area contributed by atoms with Gasteiger partial charge in [0.15, 0.2) is 0 Å². The van der Waals surface area contributed by atoms with E-state index in [1.807, 2.05) is 42.3 Å². The highest BCUT2D eigenvalue weighted by molar-refractivity contribution is 5.98. The van der Waals surface area contributed by atoms with Gasteiger partial charge in [0.05, 0.1) is 0 Å². The molecule has 0 aliphatic carbocycles. The van der Waals surface area contributed by atoms with E-state index in [1.165, 1.54) is 5.39 Å². The van der Waals surface area contributed by atoms with Gasteiger partial charge in [-0.2, -0.15) is 0 Å². The van der Waals surface area contributed by atoms with Crippen LogP contribution < -0.4 is 5.32 Å². The number of carbonyl (C=O) groups is 1. The molecule has 3 nitrogen and oxygen atoms in total. The van der Waals surface area contributed by atoms with E-state index in [1.54, 1.807) is 0 Å². The van der Waals surface area contributed by atoms with Gasteiger partial charge in [0.25, 0.3) is 5.91 Å². The van der Waals surface area contributed by atoms with Crippen LogP contribution in [0.5, 0.6) is 0 Å². The molecule has 0 radical (unpaired) electrons. The van der Waals surface area contributed by atoms with Crippen molar-refractivity contribution in [1.82, 2.24) is 10.2 Å². The van der Waals surface area contributed by atoms with E-state index in [9.17, 15) is 4.79 Å². The third kappa shape index (κ3) is 2.54. The second-order valence-electron chi connectivity index (χ2n) is 5.44. The molecule has 0 saturated carbocycles. The molecule has 3 rings (SSSR count). The molecular weight excluding hydrogens is 248 g/mol. The lowest BCUT2D eigenvalue weighted by atomic mass is 10.0. The number of carbonyl (C=O) groups excluding carboxylic acids is 1. The molecule has 1 amide bonds. The second-order valence-corrected chi connectivity index (χ2v) is 5.44. The van der Waals surface area contributed by atoms with Crippen LogP contribution in [0.1, 0.15) is 23.2 Å². The Labute approximate surface area is 119 Å². The summed E-state index contributed by atoms with van der Waals surface area (Å²) in [6, 6.07) is 14.5. The van der Waals surface area contributed by atoms with Crippen LogP contribution in [0.4, 0.5) is 0 Å². The maximum absolute atomic E-state index is 12.6. The SMILES string of the molecule is CNC1CCCN(C(=O)c2ccc3ccccc3c2)C1. The Morgan fingerprint density at radius 2 is 2.00 bits per heavy atom. The standard InChI is InChI=1S/C17H20N2O/c1-18-16-7-4-10-19(12-16)17(20)15-9-8-13-5-2-3-6-14(13)11-15/h2-3,5-6,8-9,11,16,18H,4,7,10,12H2,1H3. The molecule has 2 aromatic rings. The zero-order valence-electron chi connectivity index (χ0n) is 11.8. The summed E-state index contributed by atoms with van der Waals surface area (Å²) in [7, 11) is 1.97. The molecule has 1 N–H and O–H groups in total. The first kappa shape index (κ1) is 13.1. The number of piperidine rings is 1. The number of likely N-dealkylation sites (tertiary alicyclic amines) is 1. The van der Waals surface area contributed by atoms with E-state index < -0.39 is 0 Å². The molecule has 1 fully saturated rings. The molecule has 0 bridgehead atoms. The lowest BCUT2D eigenvalue weighted by molar-refractivity contribution is 0.0698. The summed E-state index contributed by atoms with van der Waals surface area (Å²) >= 11 is 0. The summed E-state index contributed by atoms with van der Waals surface area (Å²) in [5.41, 5.74) is 0.792. The second kappa shape index (κ2) is 5.63. The third-order valence-corrected chi connectivity index (χ3v) is 4.11. The Kier molecular flexibility index (Phi) is 3.70. The molecule has 1 aliphatic rings. The topological polar surface area (TPSA) is 32.3 Å². The van der Waals surface area contributed by atoms with E-state index in [0.29, 0.717) is 6.04 Å². The number of fused-ring (bicyclic) bond motifs is 1. The lowest BCUT2D eigenvalue weighted by Gasteiger charge is -2.32. The zero-order valence-corrected chi connectivity index (χ0v) is 11.8. The molecule has 20 heavy (non-hydrogen) atoms. The molecule has 0 spiro atoms. The Balaban J connectivity index is 1.84. The van der Waals surface area contributed by atoms with Gasteiger partial charge >= 0.3 is 0 Å². The quantitative estimate of drug-likeness (QED) is 0.908. The van der Waals surface area contributed by atoms with E-state index in [-0.39, 0.29) is 5.91 Å². The predicted molar refractivity (Wildman–Crippen MR) is 81.9 cm³/mol. The summed E-state index contributed by atoms with van der Waals surface area (Å²) in [4.78, 5) is 14.6. The first-order valence-electron chi connectivity index (χ1n) is 7.23. The van der Waals surface area contributed by atoms with Crippen molar-refractivity contribution in [2.75, 3.05) is 20.1 Å². The molecule has 1 heterocycles. The molecule has 2 aromatic carbocycles. The van der Waals surface area contributed by atoms with Gasteiger partial charge in [-0.1, -0.05) is 30.3 Å². The monoisotopic (exact) mass is 268 g/mol. The molecular formula is C17H20N2O. The zero-order chi connectivity index (χ0) is 13.9. The van der Waals surface area contributed by atoms with Crippen LogP contribution in [0, 0.1) is 0 Å². The number of rotatable bonds is 2. The highest BCUT2D eigenvalue weighted by atomic mass is 16.2. The Morgan fingerprint density at radius 3 is 2.80 bits per heavy atom. The molecule has 1 saturated heterocycles. The predicted octanol–water partition coefficient (Wildman–Crippen LogP) is 2.66. The van der Waals surface area contributed by atoms with Crippen molar-refractivity contribution in [2.24, 2.45) is 0 Å². The number of likely N-dealkylation sites (N-methyl/N-ethyl adjacent to an activating group) is 1. The molecule has 1 atom stereocenters. The molecule has 104 valence electrons. The molecule has 1 aliphatic heterocycles. The van der Waals surface area contributed by atoms with Crippen molar-refractivity contribution in [3.63, 3.8) is 0 Å². The van der Waals surface area contributed by atoms with Gasteiger partial charge in [0.2, 0.25) is 0 Å². The van der Waals surface area contributed by atoms with Gasteiger partial charge in [-0.3, -0.25) is 4.79 Å². The van der Waals surface area contributed by atoms with Gasteiger partial charge < -0.3 is 10.2 Å². The summed E-state index contributed by atoms with van der Waals surface area (Å²) in [5, 5.41) is 5.58. The van der Waals surface area contributed by atoms with E-state index in [0.717, 1.165) is 36.9 Å². The fraction of sp³-hybridized carbons (Fsp3) is 0.353. The van der Waals surface area contributed by atoms with Crippen LogP contribution in [0.2, 0.25) is 0 Å². The van der Waals surface area contributed by atoms with Gasteiger partial charge in [-0.05, 0) is 42.8 Å². The van der Waals surface area contributed by atoms with E-state index in [2.05, 4.69) is 17.4 Å². The Bertz CT molecular complexity index is 623. The smallest absolute Gasteiger partial charge is 0.253 e. The van der Waals surface area contributed by atoms with Crippen molar-refractivity contribution >= 4 is 16.7 Å². The molecule has 1 unspecified atom stereocenters.